The lowest BCUT2D eigenvalue weighted by Gasteiger charge is -2.03. The third kappa shape index (κ3) is 4.17. The number of Topliss-reactive ketones (excluding diaryl/α,β-unsaturated/α-hetero) is 1. The fraction of sp³-hybridized carbons (Fsp3) is 0.143. The molecule has 29 heavy (non-hydrogen) atoms. The summed E-state index contributed by atoms with van der Waals surface area (Å²) in [6.07, 6.45) is 3.03. The van der Waals surface area contributed by atoms with Crippen molar-refractivity contribution in [3.05, 3.63) is 76.1 Å². The first-order chi connectivity index (χ1) is 14.0. The Labute approximate surface area is 171 Å². The minimum absolute atomic E-state index is 0.0479. The van der Waals surface area contributed by atoms with Gasteiger partial charge in [-0.2, -0.15) is 5.10 Å². The highest BCUT2D eigenvalue weighted by atomic mass is 32.1. The molecule has 146 valence electrons. The van der Waals surface area contributed by atoms with E-state index in [1.165, 1.54) is 17.7 Å². The van der Waals surface area contributed by atoms with Crippen molar-refractivity contribution in [2.45, 2.75) is 20.4 Å². The van der Waals surface area contributed by atoms with Gasteiger partial charge >= 0.3 is 0 Å². The van der Waals surface area contributed by atoms with Gasteiger partial charge in [-0.1, -0.05) is 23.8 Å². The first-order valence-corrected chi connectivity index (χ1v) is 9.76. The van der Waals surface area contributed by atoms with E-state index in [-0.39, 0.29) is 11.5 Å². The number of ketones is 1. The first kappa shape index (κ1) is 18.8. The highest BCUT2D eigenvalue weighted by molar-refractivity contribution is 7.14. The van der Waals surface area contributed by atoms with Crippen molar-refractivity contribution < 1.29 is 14.0 Å². The zero-order valence-electron chi connectivity index (χ0n) is 15.9. The predicted molar refractivity (Wildman–Crippen MR) is 110 cm³/mol. The van der Waals surface area contributed by atoms with Gasteiger partial charge in [0, 0.05) is 22.7 Å². The SMILES string of the molecule is CC(=O)c1ccc(Cn2ccc(NC(=O)c3ncoc3-c3cccc(C)c3)n2)s1. The molecule has 0 fully saturated rings. The number of hydrogen-bond acceptors (Lipinski definition) is 6. The van der Waals surface area contributed by atoms with Crippen LogP contribution in [0.1, 0.15) is 37.5 Å². The molecule has 0 saturated carbocycles. The number of nitrogens with one attached hydrogen (secondary N) is 1. The Bertz CT molecular complexity index is 1190. The number of benzene rings is 1. The van der Waals surface area contributed by atoms with Gasteiger partial charge in [0.1, 0.15) is 0 Å². The quantitative estimate of drug-likeness (QED) is 0.479. The number of carbonyl (C=O) groups is 2. The molecule has 0 saturated heterocycles. The maximum atomic E-state index is 12.7. The maximum absolute atomic E-state index is 12.7. The summed E-state index contributed by atoms with van der Waals surface area (Å²) in [5, 5.41) is 7.13. The van der Waals surface area contributed by atoms with E-state index >= 15 is 0 Å². The zero-order chi connectivity index (χ0) is 20.4. The molecule has 0 aliphatic carbocycles. The zero-order valence-corrected chi connectivity index (χ0v) is 16.7. The third-order valence-electron chi connectivity index (χ3n) is 4.27. The average molecular weight is 406 g/mol. The Balaban J connectivity index is 1.47. The van der Waals surface area contributed by atoms with Crippen LogP contribution >= 0.6 is 11.3 Å². The smallest absolute Gasteiger partial charge is 0.279 e. The minimum Gasteiger partial charge on any atom is -0.443 e. The van der Waals surface area contributed by atoms with Crippen molar-refractivity contribution in [1.82, 2.24) is 14.8 Å². The normalized spacial score (nSPS) is 10.8. The molecule has 0 spiro atoms. The number of carbonyl (C=O) groups excluding carboxylic acids is 2. The van der Waals surface area contributed by atoms with Gasteiger partial charge in [-0.3, -0.25) is 14.3 Å². The van der Waals surface area contributed by atoms with Crippen molar-refractivity contribution in [2.24, 2.45) is 0 Å². The summed E-state index contributed by atoms with van der Waals surface area (Å²) in [5.74, 6) is 0.486. The number of oxazole rings is 1. The lowest BCUT2D eigenvalue weighted by Crippen LogP contribution is -2.14. The van der Waals surface area contributed by atoms with Gasteiger partial charge in [0.2, 0.25) is 0 Å². The van der Waals surface area contributed by atoms with Crippen LogP contribution in [-0.4, -0.2) is 26.5 Å². The number of rotatable bonds is 6. The number of nitrogens with zero attached hydrogens (tertiary/aromatic N) is 3. The summed E-state index contributed by atoms with van der Waals surface area (Å²) in [6, 6.07) is 13.1. The summed E-state index contributed by atoms with van der Waals surface area (Å²) < 4.78 is 7.15. The van der Waals surface area contributed by atoms with Gasteiger partial charge in [0.15, 0.2) is 29.4 Å². The number of amides is 1. The van der Waals surface area contributed by atoms with Gasteiger partial charge in [-0.25, -0.2) is 4.98 Å². The van der Waals surface area contributed by atoms with E-state index < -0.39 is 5.91 Å². The standard InChI is InChI=1S/C21H18N4O3S/c1-13-4-3-5-15(10-13)20-19(22-12-28-20)21(27)23-18-8-9-25(24-18)11-16-6-7-17(29-16)14(2)26/h3-10,12H,11H2,1-2H3,(H,23,24,27). The Morgan fingerprint density at radius 1 is 1.21 bits per heavy atom. The van der Waals surface area contributed by atoms with E-state index in [2.05, 4.69) is 15.4 Å². The van der Waals surface area contributed by atoms with Crippen LogP contribution < -0.4 is 5.32 Å². The highest BCUT2D eigenvalue weighted by Gasteiger charge is 2.19. The second kappa shape index (κ2) is 7.84. The molecule has 7 nitrogen and oxygen atoms in total. The molecule has 0 atom stereocenters. The second-order valence-corrected chi connectivity index (χ2v) is 7.74. The summed E-state index contributed by atoms with van der Waals surface area (Å²) in [5.41, 5.74) is 2.05. The number of aryl methyl sites for hydroxylation is 1. The van der Waals surface area contributed by atoms with Gasteiger partial charge in [0.05, 0.1) is 11.4 Å². The van der Waals surface area contributed by atoms with Gasteiger partial charge in [0.25, 0.3) is 5.91 Å². The predicted octanol–water partition coefficient (Wildman–Crippen LogP) is 4.41. The van der Waals surface area contributed by atoms with Crippen LogP contribution in [0.25, 0.3) is 11.3 Å². The second-order valence-electron chi connectivity index (χ2n) is 6.57. The van der Waals surface area contributed by atoms with Crippen LogP contribution in [0.2, 0.25) is 0 Å². The fourth-order valence-electron chi connectivity index (χ4n) is 2.90. The topological polar surface area (TPSA) is 90.0 Å². The molecule has 1 amide bonds. The van der Waals surface area contributed by atoms with Crippen molar-refractivity contribution in [1.29, 1.82) is 0 Å². The molecular formula is C21H18N4O3S. The summed E-state index contributed by atoms with van der Waals surface area (Å²) in [7, 11) is 0. The third-order valence-corrected chi connectivity index (χ3v) is 5.44. The average Bonchev–Trinajstić information content (AvgIpc) is 3.42. The van der Waals surface area contributed by atoms with Crippen LogP contribution in [0.15, 0.2) is 59.5 Å². The van der Waals surface area contributed by atoms with E-state index in [1.807, 2.05) is 43.3 Å². The summed E-state index contributed by atoms with van der Waals surface area (Å²) in [4.78, 5) is 29.9. The molecule has 1 N–H and O–H groups in total. The molecule has 0 aliphatic rings. The Morgan fingerprint density at radius 3 is 2.83 bits per heavy atom. The van der Waals surface area contributed by atoms with Gasteiger partial charge < -0.3 is 9.73 Å². The molecular weight excluding hydrogens is 388 g/mol. The first-order valence-electron chi connectivity index (χ1n) is 8.94. The van der Waals surface area contributed by atoms with Crippen molar-refractivity contribution in [3.63, 3.8) is 0 Å². The van der Waals surface area contributed by atoms with E-state index in [0.717, 1.165) is 20.9 Å². The minimum atomic E-state index is -0.393. The Kier molecular flexibility index (Phi) is 5.09. The molecule has 0 aliphatic heterocycles. The number of hydrogen-bond donors (Lipinski definition) is 1. The molecule has 4 aromatic rings. The van der Waals surface area contributed by atoms with E-state index in [0.29, 0.717) is 18.1 Å². The number of thiophene rings is 1. The van der Waals surface area contributed by atoms with E-state index in [1.54, 1.807) is 23.9 Å². The molecule has 0 unspecified atom stereocenters. The summed E-state index contributed by atoms with van der Waals surface area (Å²) >= 11 is 1.44. The van der Waals surface area contributed by atoms with Crippen LogP contribution in [0.3, 0.4) is 0 Å². The lowest BCUT2D eigenvalue weighted by atomic mass is 10.1. The van der Waals surface area contributed by atoms with E-state index in [9.17, 15) is 9.59 Å². The van der Waals surface area contributed by atoms with Crippen LogP contribution in [0.4, 0.5) is 5.82 Å². The van der Waals surface area contributed by atoms with Gasteiger partial charge in [-0.05, 0) is 32.0 Å². The number of anilines is 1. The lowest BCUT2D eigenvalue weighted by molar-refractivity contribution is 0.101. The summed E-state index contributed by atoms with van der Waals surface area (Å²) in [6.45, 7) is 4.04. The van der Waals surface area contributed by atoms with E-state index in [4.69, 9.17) is 4.42 Å². The monoisotopic (exact) mass is 406 g/mol. The van der Waals surface area contributed by atoms with Crippen molar-refractivity contribution >= 4 is 28.8 Å². The fourth-order valence-corrected chi connectivity index (χ4v) is 3.80. The largest absolute Gasteiger partial charge is 0.443 e. The van der Waals surface area contributed by atoms with Crippen molar-refractivity contribution in [2.75, 3.05) is 5.32 Å². The molecule has 3 heterocycles. The van der Waals surface area contributed by atoms with Crippen molar-refractivity contribution in [3.8, 4) is 11.3 Å². The number of aromatic nitrogens is 3. The van der Waals surface area contributed by atoms with Crippen LogP contribution in [-0.2, 0) is 6.54 Å². The molecule has 4 rings (SSSR count). The van der Waals surface area contributed by atoms with Crippen LogP contribution in [0.5, 0.6) is 0 Å². The Morgan fingerprint density at radius 2 is 2.07 bits per heavy atom. The highest BCUT2D eigenvalue weighted by Crippen LogP contribution is 2.24. The maximum Gasteiger partial charge on any atom is 0.279 e. The molecule has 0 bridgehead atoms. The van der Waals surface area contributed by atoms with Crippen LogP contribution in [0, 0.1) is 6.92 Å². The van der Waals surface area contributed by atoms with Gasteiger partial charge in [-0.15, -0.1) is 11.3 Å². The molecule has 0 radical (unpaired) electrons. The molecule has 1 aromatic carbocycles. The Hall–Kier alpha value is -3.52. The molecule has 8 heteroatoms. The molecule has 3 aromatic heterocycles.